The first-order chi connectivity index (χ1) is 14.1. The van der Waals surface area contributed by atoms with Crippen LogP contribution in [0.2, 0.25) is 0 Å². The average molecular weight is 405 g/mol. The summed E-state index contributed by atoms with van der Waals surface area (Å²) in [5, 5.41) is 9.39. The molecule has 0 aliphatic carbocycles. The van der Waals surface area contributed by atoms with Crippen molar-refractivity contribution in [2.75, 3.05) is 21.3 Å². The van der Waals surface area contributed by atoms with Crippen LogP contribution in [0.1, 0.15) is 52.7 Å². The summed E-state index contributed by atoms with van der Waals surface area (Å²) in [5.74, 6) is 0.884. The maximum atomic E-state index is 12.1. The van der Waals surface area contributed by atoms with Gasteiger partial charge in [0.25, 0.3) is 0 Å². The molecule has 2 rings (SSSR count). The van der Waals surface area contributed by atoms with E-state index >= 15 is 0 Å². The topological polar surface area (TPSA) is 65.0 Å². The Hall–Kier alpha value is -2.95. The van der Waals surface area contributed by atoms with Gasteiger partial charge in [0.1, 0.15) is 17.2 Å². The fraction of sp³-hybridized carbons (Fsp3) is 0.375. The molecule has 5 heteroatoms. The van der Waals surface area contributed by atoms with Crippen LogP contribution in [-0.4, -0.2) is 32.4 Å². The lowest BCUT2D eigenvalue weighted by atomic mass is 10.0. The summed E-state index contributed by atoms with van der Waals surface area (Å²) < 4.78 is 15.3. The Morgan fingerprint density at radius 3 is 1.62 bits per heavy atom. The van der Waals surface area contributed by atoms with E-state index in [1.807, 2.05) is 41.5 Å². The van der Waals surface area contributed by atoms with Gasteiger partial charge < -0.3 is 19.3 Å². The highest BCUT2D eigenvalue weighted by Crippen LogP contribution is 2.27. The molecule has 0 saturated heterocycles. The van der Waals surface area contributed by atoms with Crippen LogP contribution in [0.5, 0.6) is 17.2 Å². The van der Waals surface area contributed by atoms with Crippen molar-refractivity contribution in [1.29, 1.82) is 0 Å². The number of hydrogen-bond acceptors (Lipinski definition) is 5. The van der Waals surface area contributed by atoms with Gasteiger partial charge in [-0.05, 0) is 41.5 Å². The molecule has 0 spiro atoms. The molecule has 0 heterocycles. The molecule has 0 saturated carbocycles. The van der Waals surface area contributed by atoms with E-state index in [9.17, 15) is 9.90 Å². The highest BCUT2D eigenvalue weighted by molar-refractivity contribution is 6.21. The second kappa shape index (κ2) is 17.2. The Morgan fingerprint density at radius 2 is 1.24 bits per heavy atom. The molecule has 0 bridgehead atoms. The van der Waals surface area contributed by atoms with Gasteiger partial charge in [-0.15, -0.1) is 0 Å². The standard InChI is InChI=1S/C18H18O5.3C2H6/c1-21-15-8-12(9-16(11-15)22-2)10-17(18(20)23-3)13-4-6-14(19)7-5-13;3*1-2/h4-11,19H,1-3H3;3*1-2H3/b17-10-;;;. The number of methoxy groups -OCH3 is 3. The Bertz CT molecular complexity index is 696. The van der Waals surface area contributed by atoms with Gasteiger partial charge in [0, 0.05) is 6.07 Å². The third kappa shape index (κ3) is 9.70. The number of phenolic OH excluding ortho intramolecular Hbond substituents is 1. The van der Waals surface area contributed by atoms with Crippen molar-refractivity contribution in [3.8, 4) is 17.2 Å². The Morgan fingerprint density at radius 1 is 0.793 bits per heavy atom. The quantitative estimate of drug-likeness (QED) is 0.365. The Balaban J connectivity index is 0. The summed E-state index contributed by atoms with van der Waals surface area (Å²) in [5.41, 5.74) is 1.73. The lowest BCUT2D eigenvalue weighted by Gasteiger charge is -2.09. The zero-order valence-corrected chi connectivity index (χ0v) is 19.2. The van der Waals surface area contributed by atoms with Gasteiger partial charge >= 0.3 is 5.97 Å². The van der Waals surface area contributed by atoms with Crippen molar-refractivity contribution < 1.29 is 24.1 Å². The number of carbonyl (C=O) groups is 1. The van der Waals surface area contributed by atoms with Gasteiger partial charge in [0.05, 0.1) is 26.9 Å². The molecule has 2 aromatic carbocycles. The van der Waals surface area contributed by atoms with Crippen LogP contribution in [0.4, 0.5) is 0 Å². The molecule has 0 fully saturated rings. The van der Waals surface area contributed by atoms with Crippen LogP contribution >= 0.6 is 0 Å². The molecule has 29 heavy (non-hydrogen) atoms. The summed E-state index contributed by atoms with van der Waals surface area (Å²) in [7, 11) is 4.44. The Labute approximate surface area is 175 Å². The van der Waals surface area contributed by atoms with Crippen LogP contribution in [0.25, 0.3) is 11.6 Å². The number of phenols is 1. The number of ether oxygens (including phenoxy) is 3. The molecular weight excluding hydrogens is 368 g/mol. The van der Waals surface area contributed by atoms with E-state index in [-0.39, 0.29) is 5.75 Å². The third-order valence-corrected chi connectivity index (χ3v) is 3.27. The largest absolute Gasteiger partial charge is 0.508 e. The van der Waals surface area contributed by atoms with Crippen molar-refractivity contribution in [3.05, 3.63) is 53.6 Å². The lowest BCUT2D eigenvalue weighted by Crippen LogP contribution is -2.03. The summed E-state index contributed by atoms with van der Waals surface area (Å²) in [4.78, 5) is 12.1. The maximum absolute atomic E-state index is 12.1. The first-order valence-electron chi connectivity index (χ1n) is 9.90. The van der Waals surface area contributed by atoms with Crippen LogP contribution in [0, 0.1) is 0 Å². The molecule has 5 nitrogen and oxygen atoms in total. The highest BCUT2D eigenvalue weighted by Gasteiger charge is 2.13. The van der Waals surface area contributed by atoms with Gasteiger partial charge in [-0.3, -0.25) is 0 Å². The van der Waals surface area contributed by atoms with Gasteiger partial charge in [0.2, 0.25) is 0 Å². The van der Waals surface area contributed by atoms with E-state index in [4.69, 9.17) is 14.2 Å². The molecule has 162 valence electrons. The first kappa shape index (κ1) is 28.3. The van der Waals surface area contributed by atoms with Crippen LogP contribution in [0.3, 0.4) is 0 Å². The van der Waals surface area contributed by atoms with Crippen LogP contribution < -0.4 is 9.47 Å². The summed E-state index contributed by atoms with van der Waals surface area (Å²) in [6.45, 7) is 12.0. The number of esters is 1. The number of carbonyl (C=O) groups excluding carboxylic acids is 1. The molecule has 2 aromatic rings. The number of rotatable bonds is 5. The number of benzene rings is 2. The lowest BCUT2D eigenvalue weighted by molar-refractivity contribution is -0.133. The molecule has 0 aliphatic heterocycles. The minimum atomic E-state index is -0.475. The highest BCUT2D eigenvalue weighted by atomic mass is 16.5. The molecular formula is C24H36O5. The van der Waals surface area contributed by atoms with E-state index in [2.05, 4.69) is 0 Å². The smallest absolute Gasteiger partial charge is 0.338 e. The molecule has 0 unspecified atom stereocenters. The van der Waals surface area contributed by atoms with E-state index in [1.54, 1.807) is 50.6 Å². The predicted molar refractivity (Wildman–Crippen MR) is 122 cm³/mol. The summed E-state index contributed by atoms with van der Waals surface area (Å²) in [6, 6.07) is 11.6. The molecule has 0 aromatic heterocycles. The van der Waals surface area contributed by atoms with Crippen LogP contribution in [0.15, 0.2) is 42.5 Å². The minimum Gasteiger partial charge on any atom is -0.508 e. The van der Waals surface area contributed by atoms with Crippen molar-refractivity contribution in [3.63, 3.8) is 0 Å². The normalized spacial score (nSPS) is 9.34. The summed E-state index contributed by atoms with van der Waals surface area (Å²) in [6.07, 6.45) is 1.68. The van der Waals surface area contributed by atoms with Gasteiger partial charge in [-0.1, -0.05) is 53.7 Å². The zero-order chi connectivity index (χ0) is 22.8. The second-order valence-corrected chi connectivity index (χ2v) is 4.74. The monoisotopic (exact) mass is 404 g/mol. The maximum Gasteiger partial charge on any atom is 0.338 e. The first-order valence-corrected chi connectivity index (χ1v) is 9.90. The van der Waals surface area contributed by atoms with Gasteiger partial charge in [-0.25, -0.2) is 4.79 Å². The number of aromatic hydroxyl groups is 1. The van der Waals surface area contributed by atoms with Crippen molar-refractivity contribution in [2.24, 2.45) is 0 Å². The van der Waals surface area contributed by atoms with E-state index in [1.165, 1.54) is 19.2 Å². The number of hydrogen-bond donors (Lipinski definition) is 1. The van der Waals surface area contributed by atoms with E-state index < -0.39 is 5.97 Å². The van der Waals surface area contributed by atoms with Gasteiger partial charge in [0.15, 0.2) is 0 Å². The van der Waals surface area contributed by atoms with Crippen LogP contribution in [-0.2, 0) is 9.53 Å². The van der Waals surface area contributed by atoms with Crippen molar-refractivity contribution in [2.45, 2.75) is 41.5 Å². The minimum absolute atomic E-state index is 0.126. The molecule has 0 atom stereocenters. The molecule has 0 amide bonds. The van der Waals surface area contributed by atoms with Crippen molar-refractivity contribution >= 4 is 17.6 Å². The van der Waals surface area contributed by atoms with Crippen molar-refractivity contribution in [1.82, 2.24) is 0 Å². The second-order valence-electron chi connectivity index (χ2n) is 4.74. The van der Waals surface area contributed by atoms with E-state index in [0.717, 1.165) is 5.56 Å². The van der Waals surface area contributed by atoms with E-state index in [0.29, 0.717) is 22.6 Å². The molecule has 0 aliphatic rings. The fourth-order valence-electron chi connectivity index (χ4n) is 2.09. The average Bonchev–Trinajstić information content (AvgIpc) is 2.81. The van der Waals surface area contributed by atoms with Gasteiger partial charge in [-0.2, -0.15) is 0 Å². The molecule has 0 radical (unpaired) electrons. The zero-order valence-electron chi connectivity index (χ0n) is 19.2. The fourth-order valence-corrected chi connectivity index (χ4v) is 2.09. The predicted octanol–water partition coefficient (Wildman–Crippen LogP) is 6.20. The third-order valence-electron chi connectivity index (χ3n) is 3.27. The summed E-state index contributed by atoms with van der Waals surface area (Å²) >= 11 is 0. The Kier molecular flexibility index (Phi) is 16.7. The molecule has 1 N–H and O–H groups in total. The SMILES string of the molecule is CC.CC.CC.COC(=O)/C(=C\c1cc(OC)cc(OC)c1)c1ccc(O)cc1.